The molecule has 0 aliphatic carbocycles. The van der Waals surface area contributed by atoms with Crippen LogP contribution in [0.5, 0.6) is 23.0 Å². The molecule has 3 aromatic rings. The fraction of sp³-hybridized carbons (Fsp3) is 0.346. The molecule has 0 aliphatic rings. The molecule has 0 saturated heterocycles. The fourth-order valence-corrected chi connectivity index (χ4v) is 3.39. The molecule has 7 nitrogen and oxygen atoms in total. The van der Waals surface area contributed by atoms with Gasteiger partial charge in [-0.15, -0.1) is 0 Å². The van der Waals surface area contributed by atoms with Gasteiger partial charge in [0.15, 0.2) is 17.1 Å². The maximum absolute atomic E-state index is 13.4. The number of rotatable bonds is 11. The van der Waals surface area contributed by atoms with Crippen LogP contribution in [0.4, 0.5) is 0 Å². The summed E-state index contributed by atoms with van der Waals surface area (Å²) in [6.45, 7) is 4.97. The van der Waals surface area contributed by atoms with Crippen molar-refractivity contribution in [1.82, 2.24) is 4.90 Å². The van der Waals surface area contributed by atoms with Gasteiger partial charge in [0.05, 0.1) is 32.0 Å². The standard InChI is InChI=1S/C26H31NO6/c1-17(2)33-19-10-7-18(8-11-19)9-12-21(28)22-23(29-5)20-13-15-31-24(20)26(30-6)25(22)32-16-14-27(3)4/h7-13,15,17H,14,16H2,1-6H3. The monoisotopic (exact) mass is 453 g/mol. The van der Waals surface area contributed by atoms with Crippen LogP contribution in [0, 0.1) is 0 Å². The Morgan fingerprint density at radius 1 is 1.03 bits per heavy atom. The van der Waals surface area contributed by atoms with E-state index in [1.54, 1.807) is 12.1 Å². The summed E-state index contributed by atoms with van der Waals surface area (Å²) in [5, 5.41) is 0.640. The normalized spacial score (nSPS) is 11.5. The van der Waals surface area contributed by atoms with Crippen molar-refractivity contribution >= 4 is 22.8 Å². The largest absolute Gasteiger partial charge is 0.495 e. The number of benzene rings is 2. The van der Waals surface area contributed by atoms with Crippen molar-refractivity contribution in [2.24, 2.45) is 0 Å². The van der Waals surface area contributed by atoms with Crippen LogP contribution in [-0.4, -0.2) is 58.3 Å². The smallest absolute Gasteiger partial charge is 0.205 e. The third-order valence-corrected chi connectivity index (χ3v) is 4.90. The zero-order valence-corrected chi connectivity index (χ0v) is 20.0. The van der Waals surface area contributed by atoms with Gasteiger partial charge in [-0.25, -0.2) is 0 Å². The minimum absolute atomic E-state index is 0.0965. The van der Waals surface area contributed by atoms with Gasteiger partial charge in [0.2, 0.25) is 5.75 Å². The highest BCUT2D eigenvalue weighted by molar-refractivity contribution is 6.15. The maximum Gasteiger partial charge on any atom is 0.205 e. The van der Waals surface area contributed by atoms with Gasteiger partial charge in [-0.05, 0) is 57.8 Å². The molecule has 0 saturated carbocycles. The predicted octanol–water partition coefficient (Wildman–Crippen LogP) is 5.07. The first kappa shape index (κ1) is 24.2. The van der Waals surface area contributed by atoms with Gasteiger partial charge >= 0.3 is 0 Å². The average molecular weight is 454 g/mol. The molecule has 0 bridgehead atoms. The first-order chi connectivity index (χ1) is 15.8. The van der Waals surface area contributed by atoms with E-state index >= 15 is 0 Å². The van der Waals surface area contributed by atoms with Crippen molar-refractivity contribution in [1.29, 1.82) is 0 Å². The summed E-state index contributed by atoms with van der Waals surface area (Å²) in [5.74, 6) is 1.56. The molecule has 0 spiro atoms. The fourth-order valence-electron chi connectivity index (χ4n) is 3.39. The Kier molecular flexibility index (Phi) is 8.01. The van der Waals surface area contributed by atoms with E-state index in [2.05, 4.69) is 0 Å². The molecule has 3 rings (SSSR count). The summed E-state index contributed by atoms with van der Waals surface area (Å²) >= 11 is 0. The number of allylic oxidation sites excluding steroid dienone is 1. The molecule has 0 unspecified atom stereocenters. The number of methoxy groups -OCH3 is 2. The van der Waals surface area contributed by atoms with Gasteiger partial charge in [0.25, 0.3) is 0 Å². The molecular formula is C26H31NO6. The third-order valence-electron chi connectivity index (χ3n) is 4.90. The van der Waals surface area contributed by atoms with Gasteiger partial charge in [-0.1, -0.05) is 18.2 Å². The molecule has 0 aliphatic heterocycles. The number of fused-ring (bicyclic) bond motifs is 1. The number of ether oxygens (including phenoxy) is 4. The maximum atomic E-state index is 13.4. The zero-order chi connectivity index (χ0) is 24.0. The Morgan fingerprint density at radius 3 is 2.33 bits per heavy atom. The molecule has 176 valence electrons. The number of ketones is 1. The summed E-state index contributed by atoms with van der Waals surface area (Å²) in [7, 11) is 6.94. The summed E-state index contributed by atoms with van der Waals surface area (Å²) in [4.78, 5) is 15.4. The molecule has 0 atom stereocenters. The van der Waals surface area contributed by atoms with Crippen LogP contribution in [0.1, 0.15) is 29.8 Å². The molecule has 33 heavy (non-hydrogen) atoms. The molecule has 0 N–H and O–H groups in total. The number of hydrogen-bond donors (Lipinski definition) is 0. The van der Waals surface area contributed by atoms with Crippen LogP contribution in [-0.2, 0) is 0 Å². The molecule has 0 radical (unpaired) electrons. The minimum Gasteiger partial charge on any atom is -0.495 e. The van der Waals surface area contributed by atoms with Crippen LogP contribution < -0.4 is 18.9 Å². The summed E-state index contributed by atoms with van der Waals surface area (Å²) in [6, 6.07) is 9.29. The first-order valence-electron chi connectivity index (χ1n) is 10.8. The Bertz CT molecular complexity index is 1110. The highest BCUT2D eigenvalue weighted by atomic mass is 16.5. The van der Waals surface area contributed by atoms with Crippen LogP contribution >= 0.6 is 0 Å². The Balaban J connectivity index is 2.00. The second-order valence-electron chi connectivity index (χ2n) is 8.02. The van der Waals surface area contributed by atoms with Gasteiger partial charge in [-0.3, -0.25) is 4.79 Å². The second kappa shape index (κ2) is 10.9. The SMILES string of the molecule is COc1c(C(=O)C=Cc2ccc(OC(C)C)cc2)c(OCCN(C)C)c(OC)c2occc12. The topological polar surface area (TPSA) is 70.4 Å². The quantitative estimate of drug-likeness (QED) is 0.296. The highest BCUT2D eigenvalue weighted by Crippen LogP contribution is 2.46. The Morgan fingerprint density at radius 2 is 1.73 bits per heavy atom. The van der Waals surface area contributed by atoms with Crippen molar-refractivity contribution < 1.29 is 28.2 Å². The molecular weight excluding hydrogens is 422 g/mol. The number of likely N-dealkylation sites (N-methyl/N-ethyl adjacent to an activating group) is 1. The number of carbonyl (C=O) groups excluding carboxylic acids is 1. The minimum atomic E-state index is -0.268. The van der Waals surface area contributed by atoms with Crippen LogP contribution in [0.2, 0.25) is 0 Å². The lowest BCUT2D eigenvalue weighted by atomic mass is 10.0. The molecule has 0 amide bonds. The van der Waals surface area contributed by atoms with Crippen molar-refractivity contribution in [3.8, 4) is 23.0 Å². The van der Waals surface area contributed by atoms with Gasteiger partial charge in [0.1, 0.15) is 23.7 Å². The van der Waals surface area contributed by atoms with E-state index < -0.39 is 0 Å². The van der Waals surface area contributed by atoms with E-state index in [0.717, 1.165) is 11.3 Å². The highest BCUT2D eigenvalue weighted by Gasteiger charge is 2.28. The Labute approximate surface area is 194 Å². The summed E-state index contributed by atoms with van der Waals surface area (Å²) < 4.78 is 28.6. The van der Waals surface area contributed by atoms with Gasteiger partial charge in [0, 0.05) is 6.54 Å². The number of furan rings is 1. The van der Waals surface area contributed by atoms with Crippen LogP contribution in [0.25, 0.3) is 17.0 Å². The first-order valence-corrected chi connectivity index (χ1v) is 10.8. The number of carbonyl (C=O) groups is 1. The molecule has 7 heteroatoms. The number of nitrogens with zero attached hydrogens (tertiary/aromatic N) is 1. The van der Waals surface area contributed by atoms with E-state index in [4.69, 9.17) is 23.4 Å². The molecule has 1 heterocycles. The predicted molar refractivity (Wildman–Crippen MR) is 129 cm³/mol. The molecule has 0 fully saturated rings. The van der Waals surface area contributed by atoms with E-state index in [1.807, 2.05) is 57.1 Å². The summed E-state index contributed by atoms with van der Waals surface area (Å²) in [5.41, 5.74) is 1.62. The third kappa shape index (κ3) is 5.68. The van der Waals surface area contributed by atoms with E-state index in [-0.39, 0.29) is 17.5 Å². The zero-order valence-electron chi connectivity index (χ0n) is 20.0. The van der Waals surface area contributed by atoms with E-state index in [9.17, 15) is 4.79 Å². The number of hydrogen-bond acceptors (Lipinski definition) is 7. The lowest BCUT2D eigenvalue weighted by Gasteiger charge is -2.18. The van der Waals surface area contributed by atoms with Crippen molar-refractivity contribution in [3.63, 3.8) is 0 Å². The molecule has 2 aromatic carbocycles. The van der Waals surface area contributed by atoms with Crippen molar-refractivity contribution in [3.05, 3.63) is 53.8 Å². The second-order valence-corrected chi connectivity index (χ2v) is 8.02. The van der Waals surface area contributed by atoms with Crippen LogP contribution in [0.3, 0.4) is 0 Å². The van der Waals surface area contributed by atoms with E-state index in [1.165, 1.54) is 26.6 Å². The lowest BCUT2D eigenvalue weighted by Crippen LogP contribution is -2.20. The summed E-state index contributed by atoms with van der Waals surface area (Å²) in [6.07, 6.45) is 4.88. The van der Waals surface area contributed by atoms with Crippen molar-refractivity contribution in [2.45, 2.75) is 20.0 Å². The Hall–Kier alpha value is -3.45. The lowest BCUT2D eigenvalue weighted by molar-refractivity contribution is 0.104. The van der Waals surface area contributed by atoms with Gasteiger partial charge in [-0.2, -0.15) is 0 Å². The molecule has 1 aromatic heterocycles. The van der Waals surface area contributed by atoms with E-state index in [0.29, 0.717) is 41.4 Å². The van der Waals surface area contributed by atoms with Crippen molar-refractivity contribution in [2.75, 3.05) is 41.5 Å². The van der Waals surface area contributed by atoms with Crippen LogP contribution in [0.15, 0.2) is 47.1 Å². The van der Waals surface area contributed by atoms with Gasteiger partial charge < -0.3 is 28.3 Å². The average Bonchev–Trinajstić information content (AvgIpc) is 3.26.